The number of aromatic nitrogens is 1. The zero-order valence-electron chi connectivity index (χ0n) is 22.3. The fraction of sp³-hybridized carbons (Fsp3) is 0.0857. The summed E-state index contributed by atoms with van der Waals surface area (Å²) in [7, 11) is 0. The summed E-state index contributed by atoms with van der Waals surface area (Å²) in [6.07, 6.45) is 1.64. The van der Waals surface area contributed by atoms with Crippen LogP contribution in [-0.4, -0.2) is 22.5 Å². The van der Waals surface area contributed by atoms with Crippen molar-refractivity contribution < 1.29 is 9.90 Å². The number of phenols is 1. The van der Waals surface area contributed by atoms with Gasteiger partial charge in [-0.15, -0.1) is 11.3 Å². The van der Waals surface area contributed by atoms with E-state index in [0.717, 1.165) is 27.1 Å². The van der Waals surface area contributed by atoms with E-state index in [1.807, 2.05) is 72.8 Å². The van der Waals surface area contributed by atoms with Crippen LogP contribution in [0.15, 0.2) is 115 Å². The number of carbonyl (C=O) groups excluding carboxylic acids is 1. The Balaban J connectivity index is 1.34. The third kappa shape index (κ3) is 5.60. The summed E-state index contributed by atoms with van der Waals surface area (Å²) in [6.45, 7) is 2.35. The molecular weight excluding hydrogens is 548 g/mol. The van der Waals surface area contributed by atoms with Gasteiger partial charge in [0.2, 0.25) is 0 Å². The molecule has 2 aromatic heterocycles. The summed E-state index contributed by atoms with van der Waals surface area (Å²) in [5.74, 6) is -0.495. The van der Waals surface area contributed by atoms with Crippen LogP contribution in [0.5, 0.6) is 5.75 Å². The van der Waals surface area contributed by atoms with Gasteiger partial charge in [-0.2, -0.15) is 0 Å². The maximum Gasteiger partial charge on any atom is 0.251 e. The minimum atomic E-state index is -0.368. The second-order valence-corrected chi connectivity index (χ2v) is 11.6. The van der Waals surface area contributed by atoms with Crippen molar-refractivity contribution >= 4 is 39.7 Å². The number of aromatic hydroxyl groups is 1. The summed E-state index contributed by atoms with van der Waals surface area (Å²) in [6, 6.07) is 35.5. The molecule has 41 heavy (non-hydrogen) atoms. The first-order chi connectivity index (χ1) is 20.0. The molecule has 6 rings (SSSR count). The molecule has 1 atom stereocenters. The lowest BCUT2D eigenvalue weighted by atomic mass is 9.88. The Morgan fingerprint density at radius 1 is 0.878 bits per heavy atom. The van der Waals surface area contributed by atoms with E-state index < -0.39 is 0 Å². The number of thiophene rings is 1. The van der Waals surface area contributed by atoms with Crippen LogP contribution in [-0.2, 0) is 0 Å². The maximum atomic E-state index is 13.3. The van der Waals surface area contributed by atoms with Crippen LogP contribution in [0.4, 0.5) is 0 Å². The molecule has 1 amide bonds. The van der Waals surface area contributed by atoms with E-state index in [1.54, 1.807) is 29.7 Å². The number of benzene rings is 4. The van der Waals surface area contributed by atoms with Gasteiger partial charge in [-0.3, -0.25) is 9.78 Å². The number of hydrogen-bond acceptors (Lipinski definition) is 4. The topological polar surface area (TPSA) is 62.2 Å². The van der Waals surface area contributed by atoms with Crippen molar-refractivity contribution in [3.63, 3.8) is 0 Å². The zero-order chi connectivity index (χ0) is 28.3. The number of carbonyl (C=O) groups is 1. The second kappa shape index (κ2) is 11.6. The molecule has 6 heteroatoms. The normalized spacial score (nSPS) is 11.9. The number of amides is 1. The van der Waals surface area contributed by atoms with Crippen molar-refractivity contribution in [3.05, 3.63) is 142 Å². The van der Waals surface area contributed by atoms with Crippen molar-refractivity contribution in [2.75, 3.05) is 6.54 Å². The lowest BCUT2D eigenvalue weighted by Crippen LogP contribution is -2.29. The summed E-state index contributed by atoms with van der Waals surface area (Å²) in [5, 5.41) is 15.7. The van der Waals surface area contributed by atoms with Crippen molar-refractivity contribution in [2.45, 2.75) is 12.8 Å². The molecular formula is C35H27ClN2O2S. The van der Waals surface area contributed by atoms with Crippen LogP contribution in [0, 0.1) is 6.92 Å². The molecule has 6 aromatic rings. The molecule has 0 saturated heterocycles. The van der Waals surface area contributed by atoms with E-state index in [4.69, 9.17) is 11.6 Å². The van der Waals surface area contributed by atoms with E-state index in [-0.39, 0.29) is 24.1 Å². The summed E-state index contributed by atoms with van der Waals surface area (Å²) in [5.41, 5.74) is 5.79. The predicted molar refractivity (Wildman–Crippen MR) is 169 cm³/mol. The quantitative estimate of drug-likeness (QED) is 0.200. The number of phenolic OH excluding ortho intramolecular Hbond substituents is 1. The van der Waals surface area contributed by atoms with Gasteiger partial charge in [0.05, 0.1) is 5.02 Å². The van der Waals surface area contributed by atoms with Crippen molar-refractivity contribution in [3.8, 4) is 27.3 Å². The number of halogens is 1. The van der Waals surface area contributed by atoms with Crippen LogP contribution in [0.2, 0.25) is 5.02 Å². The molecule has 0 aliphatic carbocycles. The molecule has 1 unspecified atom stereocenters. The molecule has 0 bridgehead atoms. The minimum Gasteiger partial charge on any atom is -0.505 e. The number of nitrogens with zero attached hydrogens (tertiary/aromatic N) is 1. The van der Waals surface area contributed by atoms with Crippen LogP contribution < -0.4 is 5.32 Å². The zero-order valence-corrected chi connectivity index (χ0v) is 23.9. The molecule has 4 aromatic carbocycles. The van der Waals surface area contributed by atoms with Gasteiger partial charge in [0, 0.05) is 44.9 Å². The van der Waals surface area contributed by atoms with E-state index in [1.165, 1.54) is 4.88 Å². The number of pyridine rings is 1. The first-order valence-electron chi connectivity index (χ1n) is 13.3. The van der Waals surface area contributed by atoms with E-state index in [2.05, 4.69) is 41.5 Å². The molecule has 0 spiro atoms. The molecule has 0 saturated carbocycles. The fourth-order valence-corrected chi connectivity index (χ4v) is 6.25. The molecule has 4 nitrogen and oxygen atoms in total. The first-order valence-corrected chi connectivity index (χ1v) is 14.5. The number of hydrogen-bond donors (Lipinski definition) is 2. The smallest absolute Gasteiger partial charge is 0.251 e. The average molecular weight is 575 g/mol. The SMILES string of the molecule is Cc1ccc(-c2cccc(C(CNC(=O)c3ccc(-c4ccccc4)cc3)c3cc(Cl)c4cccnc4c3O)c2)s1. The van der Waals surface area contributed by atoms with Crippen molar-refractivity contribution in [2.24, 2.45) is 0 Å². The molecule has 0 fully saturated rings. The summed E-state index contributed by atoms with van der Waals surface area (Å²) >= 11 is 8.41. The summed E-state index contributed by atoms with van der Waals surface area (Å²) in [4.78, 5) is 20.1. The van der Waals surface area contributed by atoms with Gasteiger partial charge >= 0.3 is 0 Å². The standard InChI is InChI=1S/C35H27ClN2O2S/c1-22-12-17-32(41-22)27-10-5-9-26(19-27)30(29-20-31(36)28-11-6-18-37-33(28)34(29)39)21-38-35(40)25-15-13-24(14-16-25)23-7-3-2-4-8-23/h2-20,30,39H,21H2,1H3,(H,38,40). The Labute approximate surface area is 247 Å². The lowest BCUT2D eigenvalue weighted by Gasteiger charge is -2.22. The van der Waals surface area contributed by atoms with Gasteiger partial charge in [-0.25, -0.2) is 0 Å². The highest BCUT2D eigenvalue weighted by molar-refractivity contribution is 7.15. The van der Waals surface area contributed by atoms with Crippen LogP contribution in [0.3, 0.4) is 0 Å². The Bertz CT molecular complexity index is 1850. The van der Waals surface area contributed by atoms with E-state index in [0.29, 0.717) is 27.1 Å². The molecule has 0 aliphatic rings. The van der Waals surface area contributed by atoms with Crippen LogP contribution in [0.1, 0.15) is 32.3 Å². The largest absolute Gasteiger partial charge is 0.505 e. The third-order valence-electron chi connectivity index (χ3n) is 7.26. The number of aryl methyl sites for hydroxylation is 1. The Morgan fingerprint density at radius 2 is 1.63 bits per heavy atom. The molecule has 202 valence electrons. The maximum absolute atomic E-state index is 13.3. The van der Waals surface area contributed by atoms with Gasteiger partial charge in [-0.1, -0.05) is 72.3 Å². The van der Waals surface area contributed by atoms with Gasteiger partial charge in [0.25, 0.3) is 5.91 Å². The third-order valence-corrected chi connectivity index (χ3v) is 8.62. The highest BCUT2D eigenvalue weighted by atomic mass is 35.5. The van der Waals surface area contributed by atoms with Gasteiger partial charge in [0.15, 0.2) is 0 Å². The van der Waals surface area contributed by atoms with Gasteiger partial charge in [-0.05, 0) is 77.7 Å². The van der Waals surface area contributed by atoms with E-state index in [9.17, 15) is 9.90 Å². The molecule has 2 heterocycles. The highest BCUT2D eigenvalue weighted by Gasteiger charge is 2.23. The van der Waals surface area contributed by atoms with Crippen molar-refractivity contribution in [1.29, 1.82) is 0 Å². The molecule has 0 aliphatic heterocycles. The Morgan fingerprint density at radius 3 is 2.39 bits per heavy atom. The minimum absolute atomic E-state index is 0.0637. The Kier molecular flexibility index (Phi) is 7.55. The van der Waals surface area contributed by atoms with E-state index >= 15 is 0 Å². The highest BCUT2D eigenvalue weighted by Crippen LogP contribution is 2.40. The van der Waals surface area contributed by atoms with Crippen molar-refractivity contribution in [1.82, 2.24) is 10.3 Å². The van der Waals surface area contributed by atoms with Gasteiger partial charge in [0.1, 0.15) is 11.3 Å². The number of rotatable bonds is 7. The first kappa shape index (κ1) is 26.8. The Hall–Kier alpha value is -4.45. The number of fused-ring (bicyclic) bond motifs is 1. The van der Waals surface area contributed by atoms with Gasteiger partial charge < -0.3 is 10.4 Å². The second-order valence-electron chi connectivity index (χ2n) is 9.94. The van der Waals surface area contributed by atoms with Crippen LogP contribution >= 0.6 is 22.9 Å². The fourth-order valence-electron chi connectivity index (χ4n) is 5.12. The van der Waals surface area contributed by atoms with Crippen LogP contribution in [0.25, 0.3) is 32.5 Å². The monoisotopic (exact) mass is 574 g/mol. The predicted octanol–water partition coefficient (Wildman–Crippen LogP) is 8.86. The molecule has 2 N–H and O–H groups in total. The molecule has 0 radical (unpaired) electrons. The number of nitrogens with one attached hydrogen (secondary N) is 1. The average Bonchev–Trinajstić information content (AvgIpc) is 3.46. The lowest BCUT2D eigenvalue weighted by molar-refractivity contribution is 0.0952. The summed E-state index contributed by atoms with van der Waals surface area (Å²) < 4.78 is 0.